The fourth-order valence-electron chi connectivity index (χ4n) is 7.64. The first-order valence-corrected chi connectivity index (χ1v) is 24.3. The molecule has 2 amide bonds. The van der Waals surface area contributed by atoms with E-state index in [1.54, 1.807) is 61.5 Å². The molecule has 0 aliphatic rings. The Morgan fingerprint density at radius 1 is 0.735 bits per heavy atom. The zero-order chi connectivity index (χ0) is 49.5. The lowest BCUT2D eigenvalue weighted by molar-refractivity contribution is -0.122. The van der Waals surface area contributed by atoms with Crippen molar-refractivity contribution in [2.24, 2.45) is 0 Å². The Bertz CT molecular complexity index is 2760. The van der Waals surface area contributed by atoms with Gasteiger partial charge in [0.2, 0.25) is 5.75 Å². The van der Waals surface area contributed by atoms with Crippen LogP contribution in [0.4, 0.5) is 21.9 Å². The lowest BCUT2D eigenvalue weighted by Crippen LogP contribution is -2.33. The first kappa shape index (κ1) is 51.5. The molecule has 2 unspecified atom stereocenters. The highest BCUT2D eigenvalue weighted by atomic mass is 35.5. The number of hydrogen-bond acceptors (Lipinski definition) is 7. The molecule has 6 rings (SSSR count). The van der Waals surface area contributed by atoms with Crippen molar-refractivity contribution in [2.75, 3.05) is 28.6 Å². The fraction of sp³-hybridized carbons (Fsp3) is 0.352. The molecular weight excluding hydrogens is 921 g/mol. The molecule has 3 N–H and O–H groups in total. The largest absolute Gasteiger partial charge is 0.480 e. The van der Waals surface area contributed by atoms with Crippen molar-refractivity contribution in [1.82, 2.24) is 9.78 Å². The SMILES string of the molecule is CCC(Oc1ccc(C(C)(C)CC)cc1C(C)(C)CC)C(=O)Nc1ccc(-n2[nH]c(-c3ccc(Cl)cc3)c(Oc3cc(Cl)c(C(C)OC(=O)Nc4ccc(N(CC)CC)cc4)cc3Cl)c2=O)cc1. The smallest absolute Gasteiger partial charge is 0.412 e. The van der Waals surface area contributed by atoms with Gasteiger partial charge in [0.1, 0.15) is 23.3 Å². The second kappa shape index (κ2) is 22.0. The number of H-pyrrole nitrogens is 1. The third-order valence-electron chi connectivity index (χ3n) is 12.8. The van der Waals surface area contributed by atoms with Crippen molar-refractivity contribution in [2.45, 2.75) is 112 Å². The van der Waals surface area contributed by atoms with Gasteiger partial charge in [0.05, 0.1) is 15.7 Å². The minimum absolute atomic E-state index is 0.00509. The average molecular weight is 983 g/mol. The van der Waals surface area contributed by atoms with Crippen LogP contribution >= 0.6 is 34.8 Å². The van der Waals surface area contributed by atoms with E-state index in [0.29, 0.717) is 51.1 Å². The summed E-state index contributed by atoms with van der Waals surface area (Å²) in [6.45, 7) is 22.7. The number of ether oxygens (including phenoxy) is 3. The minimum Gasteiger partial charge on any atom is -0.480 e. The van der Waals surface area contributed by atoms with Gasteiger partial charge in [-0.25, -0.2) is 9.48 Å². The number of benzene rings is 5. The van der Waals surface area contributed by atoms with Gasteiger partial charge in [-0.15, -0.1) is 0 Å². The van der Waals surface area contributed by atoms with E-state index in [9.17, 15) is 14.4 Å². The van der Waals surface area contributed by atoms with Gasteiger partial charge in [-0.05, 0) is 129 Å². The minimum atomic E-state index is -0.798. The van der Waals surface area contributed by atoms with E-state index in [2.05, 4.69) is 88.2 Å². The van der Waals surface area contributed by atoms with Crippen LogP contribution in [0.25, 0.3) is 16.9 Å². The van der Waals surface area contributed by atoms with E-state index in [4.69, 9.17) is 49.0 Å². The van der Waals surface area contributed by atoms with E-state index < -0.39 is 23.9 Å². The van der Waals surface area contributed by atoms with Gasteiger partial charge >= 0.3 is 11.7 Å². The number of carbonyl (C=O) groups excluding carboxylic acids is 2. The molecule has 68 heavy (non-hydrogen) atoms. The third-order valence-corrected chi connectivity index (χ3v) is 13.7. The highest BCUT2D eigenvalue weighted by Crippen LogP contribution is 2.41. The molecule has 11 nitrogen and oxygen atoms in total. The molecule has 0 fully saturated rings. The molecule has 360 valence electrons. The maximum atomic E-state index is 14.3. The Kier molecular flexibility index (Phi) is 16.7. The quantitative estimate of drug-likeness (QED) is 0.0738. The fourth-order valence-corrected chi connectivity index (χ4v) is 8.28. The number of aromatic nitrogens is 2. The molecule has 0 saturated heterocycles. The number of amides is 2. The molecule has 0 saturated carbocycles. The van der Waals surface area contributed by atoms with Crippen molar-refractivity contribution in [1.29, 1.82) is 0 Å². The summed E-state index contributed by atoms with van der Waals surface area (Å²) >= 11 is 19.8. The van der Waals surface area contributed by atoms with Crippen LogP contribution in [0.1, 0.15) is 111 Å². The van der Waals surface area contributed by atoms with Crippen LogP contribution in [-0.2, 0) is 20.4 Å². The summed E-state index contributed by atoms with van der Waals surface area (Å²) in [5.41, 5.74) is 5.59. The number of aromatic amines is 1. The molecule has 14 heteroatoms. The topological polar surface area (TPSA) is 127 Å². The molecule has 0 aliphatic carbocycles. The van der Waals surface area contributed by atoms with Gasteiger partial charge in [-0.1, -0.05) is 108 Å². The van der Waals surface area contributed by atoms with Crippen LogP contribution in [0.5, 0.6) is 17.2 Å². The van der Waals surface area contributed by atoms with Crippen molar-refractivity contribution in [3.63, 3.8) is 0 Å². The van der Waals surface area contributed by atoms with Gasteiger partial charge < -0.3 is 24.4 Å². The Morgan fingerprint density at radius 3 is 1.96 bits per heavy atom. The molecule has 1 heterocycles. The molecule has 5 aromatic carbocycles. The van der Waals surface area contributed by atoms with Gasteiger partial charge in [0.25, 0.3) is 5.91 Å². The van der Waals surface area contributed by atoms with E-state index in [-0.39, 0.29) is 38.3 Å². The van der Waals surface area contributed by atoms with Crippen molar-refractivity contribution < 1.29 is 23.8 Å². The second-order valence-electron chi connectivity index (χ2n) is 18.0. The average Bonchev–Trinajstić information content (AvgIpc) is 3.64. The molecule has 1 aromatic heterocycles. The van der Waals surface area contributed by atoms with Crippen LogP contribution < -0.4 is 30.6 Å². The number of hydrogen-bond donors (Lipinski definition) is 3. The zero-order valence-corrected chi connectivity index (χ0v) is 42.8. The van der Waals surface area contributed by atoms with Gasteiger partial charge in [-0.3, -0.25) is 20.0 Å². The number of nitrogens with zero attached hydrogens (tertiary/aromatic N) is 2. The first-order chi connectivity index (χ1) is 32.3. The normalized spacial score (nSPS) is 12.5. The van der Waals surface area contributed by atoms with Gasteiger partial charge in [0.15, 0.2) is 6.10 Å². The van der Waals surface area contributed by atoms with Crippen LogP contribution in [0, 0.1) is 0 Å². The van der Waals surface area contributed by atoms with Crippen molar-refractivity contribution in [3.8, 4) is 34.2 Å². The Morgan fingerprint density at radius 2 is 1.35 bits per heavy atom. The maximum Gasteiger partial charge on any atom is 0.412 e. The number of carbonyl (C=O) groups is 2. The maximum absolute atomic E-state index is 14.3. The highest BCUT2D eigenvalue weighted by molar-refractivity contribution is 6.35. The first-order valence-electron chi connectivity index (χ1n) is 23.2. The number of anilines is 3. The molecular formula is C54H62Cl3N5O6. The summed E-state index contributed by atoms with van der Waals surface area (Å²) < 4.78 is 19.8. The number of rotatable bonds is 19. The number of nitrogens with one attached hydrogen (secondary N) is 3. The summed E-state index contributed by atoms with van der Waals surface area (Å²) in [5, 5.41) is 9.77. The third kappa shape index (κ3) is 11.9. The Labute approximate surface area is 415 Å². The van der Waals surface area contributed by atoms with Crippen molar-refractivity contribution in [3.05, 3.63) is 145 Å². The van der Waals surface area contributed by atoms with Gasteiger partial charge in [0, 0.05) is 57.9 Å². The van der Waals surface area contributed by atoms with Crippen molar-refractivity contribution >= 4 is 63.9 Å². The second-order valence-corrected chi connectivity index (χ2v) is 19.2. The molecule has 0 aliphatic heterocycles. The highest BCUT2D eigenvalue weighted by Gasteiger charge is 2.29. The lowest BCUT2D eigenvalue weighted by atomic mass is 9.76. The van der Waals surface area contributed by atoms with E-state index >= 15 is 0 Å². The monoisotopic (exact) mass is 981 g/mol. The predicted molar refractivity (Wildman–Crippen MR) is 278 cm³/mol. The van der Waals surface area contributed by atoms with Crippen LogP contribution in [-0.4, -0.2) is 41.0 Å². The van der Waals surface area contributed by atoms with Crippen LogP contribution in [0.15, 0.2) is 108 Å². The van der Waals surface area contributed by atoms with Crippen LogP contribution in [0.2, 0.25) is 15.1 Å². The molecule has 0 spiro atoms. The summed E-state index contributed by atoms with van der Waals surface area (Å²) in [4.78, 5) is 43.2. The standard InChI is InChI=1S/C54H62Cl3N5O6/c1-11-45(67-46-29-18-35(53(7,8)12-2)30-42(46)54(9,10)13-3)50(63)58-37-23-27-40(28-24-37)62-51(64)49(48(60-62)34-16-19-36(55)20-17-34)68-47-32-43(56)41(31-44(47)57)33(6)66-52(65)59-38-21-25-39(26-22-38)61(14-4)15-5/h16-33,45,60H,11-15H2,1-10H3,(H,58,63)(H,59,65). The Balaban J connectivity index is 1.20. The Hall–Kier alpha value is -5.88. The summed E-state index contributed by atoms with van der Waals surface area (Å²) in [7, 11) is 0. The van der Waals surface area contributed by atoms with E-state index in [1.165, 1.54) is 16.3 Å². The summed E-state index contributed by atoms with van der Waals surface area (Å²) in [5.74, 6) is 0.437. The molecule has 0 radical (unpaired) electrons. The lowest BCUT2D eigenvalue weighted by Gasteiger charge is -2.31. The van der Waals surface area contributed by atoms with Crippen LogP contribution in [0.3, 0.4) is 0 Å². The molecule has 6 aromatic rings. The summed E-state index contributed by atoms with van der Waals surface area (Å²) in [6.07, 6.45) is 0.107. The van der Waals surface area contributed by atoms with E-state index in [1.807, 2.05) is 37.3 Å². The number of halogens is 3. The molecule has 0 bridgehead atoms. The molecule has 2 atom stereocenters. The van der Waals surface area contributed by atoms with E-state index in [0.717, 1.165) is 37.2 Å². The predicted octanol–water partition coefficient (Wildman–Crippen LogP) is 14.9. The zero-order valence-electron chi connectivity index (χ0n) is 40.5. The summed E-state index contributed by atoms with van der Waals surface area (Å²) in [6, 6.07) is 30.6. The van der Waals surface area contributed by atoms with Gasteiger partial charge in [-0.2, -0.15) is 0 Å².